The van der Waals surface area contributed by atoms with Gasteiger partial charge in [0.15, 0.2) is 0 Å². The van der Waals surface area contributed by atoms with Crippen molar-refractivity contribution in [3.63, 3.8) is 0 Å². The van der Waals surface area contributed by atoms with Gasteiger partial charge in [-0.15, -0.1) is 0 Å². The van der Waals surface area contributed by atoms with E-state index in [1.165, 1.54) is 13.2 Å². The number of piperidine rings is 1. The summed E-state index contributed by atoms with van der Waals surface area (Å²) in [4.78, 5) is 14.9. The molecule has 0 bridgehead atoms. The van der Waals surface area contributed by atoms with Gasteiger partial charge >= 0.3 is 0 Å². The highest BCUT2D eigenvalue weighted by atomic mass is 35.5. The Balaban J connectivity index is 1.46. The number of aliphatic hydroxyl groups is 1. The molecule has 1 atom stereocenters. The first-order valence-corrected chi connectivity index (χ1v) is 10.7. The molecule has 0 aliphatic carbocycles. The van der Waals surface area contributed by atoms with Crippen molar-refractivity contribution in [3.05, 3.63) is 52.5 Å². The molecule has 168 valence electrons. The number of benzene rings is 2. The van der Waals surface area contributed by atoms with E-state index in [0.717, 1.165) is 37.2 Å². The number of nitrogen functional groups attached to an aromatic ring is 1. The monoisotopic (exact) mass is 447 g/mol. The number of nitrogens with one attached hydrogen (secondary N) is 1. The van der Waals surface area contributed by atoms with Crippen LogP contribution in [0.1, 0.15) is 34.9 Å². The third-order valence-corrected chi connectivity index (χ3v) is 6.08. The van der Waals surface area contributed by atoms with Crippen LogP contribution in [0.25, 0.3) is 0 Å². The van der Waals surface area contributed by atoms with Crippen LogP contribution < -0.4 is 20.5 Å². The number of likely N-dealkylation sites (tertiary alicyclic amines) is 1. The summed E-state index contributed by atoms with van der Waals surface area (Å²) >= 11 is 6.06. The number of hydrogen-bond donors (Lipinski definition) is 3. The van der Waals surface area contributed by atoms with Gasteiger partial charge in [-0.3, -0.25) is 4.79 Å². The number of amides is 1. The van der Waals surface area contributed by atoms with E-state index in [9.17, 15) is 9.90 Å². The number of halogens is 1. The summed E-state index contributed by atoms with van der Waals surface area (Å²) in [5, 5.41) is 13.8. The van der Waals surface area contributed by atoms with Crippen LogP contribution in [0.4, 0.5) is 5.69 Å². The predicted molar refractivity (Wildman–Crippen MR) is 122 cm³/mol. The smallest absolute Gasteiger partial charge is 0.255 e. The first kappa shape index (κ1) is 23.2. The van der Waals surface area contributed by atoms with Gasteiger partial charge in [0.25, 0.3) is 5.91 Å². The summed E-state index contributed by atoms with van der Waals surface area (Å²) in [7, 11) is 3.12. The molecule has 1 aliphatic heterocycles. The van der Waals surface area contributed by atoms with Crippen molar-refractivity contribution in [2.75, 3.05) is 46.1 Å². The lowest BCUT2D eigenvalue weighted by molar-refractivity contribution is 0.0851. The highest BCUT2D eigenvalue weighted by Gasteiger charge is 2.23. The van der Waals surface area contributed by atoms with Crippen LogP contribution in [-0.4, -0.2) is 56.3 Å². The molecule has 4 N–H and O–H groups in total. The molecule has 1 saturated heterocycles. The van der Waals surface area contributed by atoms with Crippen LogP contribution in [0.5, 0.6) is 11.5 Å². The van der Waals surface area contributed by atoms with Crippen LogP contribution in [0.2, 0.25) is 5.02 Å². The topological polar surface area (TPSA) is 97.1 Å². The van der Waals surface area contributed by atoms with Crippen LogP contribution in [-0.2, 0) is 0 Å². The Bertz CT molecular complexity index is 883. The van der Waals surface area contributed by atoms with Crippen LogP contribution in [0.15, 0.2) is 36.4 Å². The second-order valence-corrected chi connectivity index (χ2v) is 8.22. The van der Waals surface area contributed by atoms with E-state index in [1.807, 2.05) is 24.3 Å². The lowest BCUT2D eigenvalue weighted by Crippen LogP contribution is -2.40. The molecule has 0 radical (unpaired) electrons. The number of hydrogen-bond acceptors (Lipinski definition) is 6. The van der Waals surface area contributed by atoms with Gasteiger partial charge in [-0.2, -0.15) is 0 Å². The largest absolute Gasteiger partial charge is 0.497 e. The Morgan fingerprint density at radius 3 is 2.52 bits per heavy atom. The third kappa shape index (κ3) is 6.03. The molecule has 0 aromatic heterocycles. The first-order valence-electron chi connectivity index (χ1n) is 10.4. The standard InChI is InChI=1S/C23H30ClN3O4/c1-30-17-5-3-16(4-6-17)21(28)14-27-9-7-15(8-10-27)13-26-23(29)18-11-19(24)20(25)12-22(18)31-2/h3-6,11-12,15,21,28H,7-10,13-14,25H2,1-2H3,(H,26,29). The fraction of sp³-hybridized carbons (Fsp3) is 0.435. The molecule has 1 amide bonds. The molecule has 0 spiro atoms. The number of aliphatic hydroxyl groups excluding tert-OH is 1. The summed E-state index contributed by atoms with van der Waals surface area (Å²) in [6.07, 6.45) is 1.37. The Morgan fingerprint density at radius 2 is 1.90 bits per heavy atom. The minimum absolute atomic E-state index is 0.226. The minimum Gasteiger partial charge on any atom is -0.497 e. The average Bonchev–Trinajstić information content (AvgIpc) is 2.79. The molecule has 3 rings (SSSR count). The van der Waals surface area contributed by atoms with Crippen molar-refractivity contribution in [1.82, 2.24) is 10.2 Å². The van der Waals surface area contributed by atoms with Crippen LogP contribution in [0.3, 0.4) is 0 Å². The van der Waals surface area contributed by atoms with Crippen molar-refractivity contribution in [1.29, 1.82) is 0 Å². The molecule has 1 aliphatic rings. The maximum Gasteiger partial charge on any atom is 0.255 e. The molecule has 7 nitrogen and oxygen atoms in total. The molecule has 1 heterocycles. The zero-order valence-corrected chi connectivity index (χ0v) is 18.7. The van der Waals surface area contributed by atoms with Crippen molar-refractivity contribution in [3.8, 4) is 11.5 Å². The Kier molecular flexibility index (Phi) is 8.01. The summed E-state index contributed by atoms with van der Waals surface area (Å²) in [6, 6.07) is 10.6. The van der Waals surface area contributed by atoms with Crippen LogP contribution >= 0.6 is 11.6 Å². The molecular formula is C23H30ClN3O4. The van der Waals surface area contributed by atoms with E-state index in [0.29, 0.717) is 41.0 Å². The summed E-state index contributed by atoms with van der Waals surface area (Å²) in [5.41, 5.74) is 7.41. The maximum absolute atomic E-state index is 12.6. The second-order valence-electron chi connectivity index (χ2n) is 7.82. The van der Waals surface area contributed by atoms with Crippen molar-refractivity contribution >= 4 is 23.2 Å². The molecule has 8 heteroatoms. The van der Waals surface area contributed by atoms with Crippen molar-refractivity contribution in [2.45, 2.75) is 18.9 Å². The highest BCUT2D eigenvalue weighted by Crippen LogP contribution is 2.29. The van der Waals surface area contributed by atoms with Gasteiger partial charge in [0.05, 0.1) is 36.6 Å². The van der Waals surface area contributed by atoms with Crippen molar-refractivity contribution in [2.24, 2.45) is 5.92 Å². The Labute approximate surface area is 188 Å². The number of β-amino-alcohol motifs (C(OH)–C–C–N with tert-alkyl or cyclic N) is 1. The quantitative estimate of drug-likeness (QED) is 0.538. The zero-order valence-electron chi connectivity index (χ0n) is 17.9. The number of nitrogens with two attached hydrogens (primary N) is 1. The predicted octanol–water partition coefficient (Wildman–Crippen LogP) is 3.11. The lowest BCUT2D eigenvalue weighted by Gasteiger charge is -2.33. The lowest BCUT2D eigenvalue weighted by atomic mass is 9.96. The normalized spacial score (nSPS) is 16.0. The Morgan fingerprint density at radius 1 is 1.23 bits per heavy atom. The molecular weight excluding hydrogens is 418 g/mol. The van der Waals surface area contributed by atoms with E-state index in [1.54, 1.807) is 13.2 Å². The van der Waals surface area contributed by atoms with Gasteiger partial charge in [0.2, 0.25) is 0 Å². The first-order chi connectivity index (χ1) is 14.9. The molecule has 2 aromatic carbocycles. The summed E-state index contributed by atoms with van der Waals surface area (Å²) < 4.78 is 10.4. The van der Waals surface area contributed by atoms with Gasteiger partial charge in [0.1, 0.15) is 11.5 Å². The van der Waals surface area contributed by atoms with E-state index < -0.39 is 6.10 Å². The summed E-state index contributed by atoms with van der Waals surface area (Å²) in [5.74, 6) is 1.34. The number of carbonyl (C=O) groups is 1. The zero-order chi connectivity index (χ0) is 22.4. The van der Waals surface area contributed by atoms with Gasteiger partial charge in [-0.25, -0.2) is 0 Å². The molecule has 1 unspecified atom stereocenters. The SMILES string of the molecule is COc1ccc(C(O)CN2CCC(CNC(=O)c3cc(Cl)c(N)cc3OC)CC2)cc1. The van der Waals surface area contributed by atoms with Crippen molar-refractivity contribution < 1.29 is 19.4 Å². The average molecular weight is 448 g/mol. The van der Waals surface area contributed by atoms with Gasteiger partial charge < -0.3 is 30.5 Å². The molecule has 0 saturated carbocycles. The number of ether oxygens (including phenoxy) is 2. The third-order valence-electron chi connectivity index (χ3n) is 5.75. The van der Waals surface area contributed by atoms with Gasteiger partial charge in [0, 0.05) is 19.2 Å². The fourth-order valence-corrected chi connectivity index (χ4v) is 3.96. The van der Waals surface area contributed by atoms with E-state index >= 15 is 0 Å². The highest BCUT2D eigenvalue weighted by molar-refractivity contribution is 6.33. The minimum atomic E-state index is -0.537. The number of rotatable bonds is 8. The Hall–Kier alpha value is -2.48. The van der Waals surface area contributed by atoms with E-state index in [-0.39, 0.29) is 5.91 Å². The van der Waals surface area contributed by atoms with Gasteiger partial charge in [-0.05, 0) is 55.6 Å². The molecule has 2 aromatic rings. The van der Waals surface area contributed by atoms with Gasteiger partial charge in [-0.1, -0.05) is 23.7 Å². The number of methoxy groups -OCH3 is 2. The van der Waals surface area contributed by atoms with E-state index in [4.69, 9.17) is 26.8 Å². The molecule has 1 fully saturated rings. The second kappa shape index (κ2) is 10.7. The number of carbonyl (C=O) groups excluding carboxylic acids is 1. The number of nitrogens with zero attached hydrogens (tertiary/aromatic N) is 1. The maximum atomic E-state index is 12.6. The fourth-order valence-electron chi connectivity index (χ4n) is 3.80. The van der Waals surface area contributed by atoms with E-state index in [2.05, 4.69) is 10.2 Å². The molecule has 31 heavy (non-hydrogen) atoms. The number of anilines is 1. The summed E-state index contributed by atoms with van der Waals surface area (Å²) in [6.45, 7) is 2.93. The van der Waals surface area contributed by atoms with Crippen LogP contribution in [0, 0.1) is 5.92 Å².